The maximum atomic E-state index is 12.5. The van der Waals surface area contributed by atoms with Gasteiger partial charge in [0.25, 0.3) is 0 Å². The van der Waals surface area contributed by atoms with Gasteiger partial charge in [-0.05, 0) is 74.9 Å². The zero-order chi connectivity index (χ0) is 24.9. The number of carbonyl (C=O) groups is 3. The van der Waals surface area contributed by atoms with Gasteiger partial charge in [-0.15, -0.1) is 0 Å². The van der Waals surface area contributed by atoms with Crippen molar-refractivity contribution in [3.05, 3.63) is 65.7 Å². The Morgan fingerprint density at radius 2 is 1.76 bits per heavy atom. The van der Waals surface area contributed by atoms with E-state index in [1.807, 2.05) is 0 Å². The molecule has 1 heterocycles. The average molecular weight is 467 g/mol. The molecule has 3 rings (SSSR count). The van der Waals surface area contributed by atoms with E-state index in [0.717, 1.165) is 12.0 Å². The van der Waals surface area contributed by atoms with E-state index >= 15 is 0 Å². The fourth-order valence-electron chi connectivity index (χ4n) is 3.36. The predicted molar refractivity (Wildman–Crippen MR) is 131 cm³/mol. The summed E-state index contributed by atoms with van der Waals surface area (Å²) in [5.74, 6) is -0.717. The van der Waals surface area contributed by atoms with Crippen molar-refractivity contribution >= 4 is 35.9 Å². The van der Waals surface area contributed by atoms with Crippen LogP contribution in [0.15, 0.2) is 59.6 Å². The van der Waals surface area contributed by atoms with Gasteiger partial charge in [-0.2, -0.15) is 0 Å². The van der Waals surface area contributed by atoms with Crippen molar-refractivity contribution in [3.8, 4) is 5.75 Å². The van der Waals surface area contributed by atoms with Crippen LogP contribution < -0.4 is 16.2 Å². The second-order valence-electron chi connectivity index (χ2n) is 7.06. The minimum atomic E-state index is -0.527. The van der Waals surface area contributed by atoms with E-state index in [9.17, 15) is 14.4 Å². The first-order chi connectivity index (χ1) is 16.5. The van der Waals surface area contributed by atoms with Gasteiger partial charge in [0.2, 0.25) is 5.91 Å². The number of rotatable bonds is 7. The number of ether oxygens (including phenoxy) is 2. The molecule has 180 valence electrons. The fraction of sp³-hybridized carbons (Fsp3) is 0.280. The van der Waals surface area contributed by atoms with Crippen LogP contribution in [0, 0.1) is 0 Å². The Balaban J connectivity index is 0.00000199. The minimum absolute atomic E-state index is 0.244. The maximum Gasteiger partial charge on any atom is 0.343 e. The third kappa shape index (κ3) is 7.28. The lowest BCUT2D eigenvalue weighted by Crippen LogP contribution is -2.40. The normalized spacial score (nSPS) is 15.1. The summed E-state index contributed by atoms with van der Waals surface area (Å²) in [4.78, 5) is 42.3. The number of nitrogens with zero attached hydrogens (tertiary/aromatic N) is 2. The Labute approximate surface area is 199 Å². The van der Waals surface area contributed by atoms with E-state index in [0.29, 0.717) is 30.0 Å². The summed E-state index contributed by atoms with van der Waals surface area (Å²) >= 11 is 0. The van der Waals surface area contributed by atoms with Crippen LogP contribution in [0.5, 0.6) is 5.75 Å². The smallest absolute Gasteiger partial charge is 0.343 e. The molecule has 2 aromatic rings. The van der Waals surface area contributed by atoms with E-state index in [2.05, 4.69) is 10.7 Å². The fourth-order valence-corrected chi connectivity index (χ4v) is 3.36. The summed E-state index contributed by atoms with van der Waals surface area (Å²) in [5, 5.41) is 0. The molecule has 2 aromatic carbocycles. The second kappa shape index (κ2) is 13.5. The number of likely N-dealkylation sites (tertiary alicyclic amines) is 1. The van der Waals surface area contributed by atoms with Gasteiger partial charge in [-0.1, -0.05) is 12.1 Å². The van der Waals surface area contributed by atoms with Gasteiger partial charge in [0, 0.05) is 12.6 Å². The highest BCUT2D eigenvalue weighted by Crippen LogP contribution is 2.20. The molecule has 34 heavy (non-hydrogen) atoms. The molecule has 1 aliphatic rings. The topological polar surface area (TPSA) is 137 Å². The number of hydrogen-bond donors (Lipinski definition) is 2. The molecule has 1 unspecified atom stereocenters. The molecule has 0 spiro atoms. The number of amides is 1. The number of carbonyl (C=O) groups excluding carboxylic acids is 3. The lowest BCUT2D eigenvalue weighted by atomic mass is 10.1. The molecule has 0 bridgehead atoms. The van der Waals surface area contributed by atoms with Gasteiger partial charge in [0.15, 0.2) is 0 Å². The highest BCUT2D eigenvalue weighted by Gasteiger charge is 2.34. The van der Waals surface area contributed by atoms with Crippen LogP contribution in [0.4, 0.5) is 5.69 Å². The van der Waals surface area contributed by atoms with Gasteiger partial charge in [0.1, 0.15) is 11.8 Å². The molecule has 4 N–H and O–H groups in total. The summed E-state index contributed by atoms with van der Waals surface area (Å²) in [7, 11) is 1.50. The summed E-state index contributed by atoms with van der Waals surface area (Å²) in [5.41, 5.74) is 11.5. The van der Waals surface area contributed by atoms with Crippen LogP contribution in [-0.2, 0) is 14.3 Å². The second-order valence-corrected chi connectivity index (χ2v) is 7.06. The average Bonchev–Trinajstić information content (AvgIpc) is 3.36. The van der Waals surface area contributed by atoms with Gasteiger partial charge >= 0.3 is 11.9 Å². The highest BCUT2D eigenvalue weighted by atomic mass is 16.5. The summed E-state index contributed by atoms with van der Waals surface area (Å²) in [6.07, 6.45) is 5.64. The number of benzene rings is 2. The van der Waals surface area contributed by atoms with Crippen molar-refractivity contribution in [1.29, 1.82) is 0 Å². The van der Waals surface area contributed by atoms with Gasteiger partial charge in [0.05, 0.1) is 24.2 Å². The summed E-state index contributed by atoms with van der Waals surface area (Å²) < 4.78 is 10.4. The van der Waals surface area contributed by atoms with Crippen LogP contribution in [0.3, 0.4) is 0 Å². The van der Waals surface area contributed by atoms with E-state index < -0.39 is 12.0 Å². The van der Waals surface area contributed by atoms with Crippen molar-refractivity contribution in [2.45, 2.75) is 25.8 Å². The minimum Gasteiger partial charge on any atom is -0.464 e. The van der Waals surface area contributed by atoms with E-state index in [1.165, 1.54) is 24.4 Å². The molecule has 1 saturated heterocycles. The molecule has 0 saturated carbocycles. The van der Waals surface area contributed by atoms with Crippen LogP contribution in [0.25, 0.3) is 6.08 Å². The van der Waals surface area contributed by atoms with Crippen molar-refractivity contribution in [3.63, 3.8) is 0 Å². The van der Waals surface area contributed by atoms with Crippen LogP contribution >= 0.6 is 0 Å². The monoisotopic (exact) mass is 466 g/mol. The molecule has 9 nitrogen and oxygen atoms in total. The number of nitrogens with two attached hydrogens (primary N) is 2. The predicted octanol–water partition coefficient (Wildman–Crippen LogP) is 2.67. The molecule has 1 atom stereocenters. The van der Waals surface area contributed by atoms with E-state index in [4.69, 9.17) is 15.2 Å². The zero-order valence-corrected chi connectivity index (χ0v) is 19.3. The molecule has 1 amide bonds. The lowest BCUT2D eigenvalue weighted by Gasteiger charge is -2.21. The first-order valence-corrected chi connectivity index (χ1v) is 10.9. The number of hydrogen-bond acceptors (Lipinski definition) is 7. The first-order valence-electron chi connectivity index (χ1n) is 10.9. The quantitative estimate of drug-likeness (QED) is 0.210. The van der Waals surface area contributed by atoms with Crippen LogP contribution in [0.2, 0.25) is 0 Å². The molecule has 1 fully saturated rings. The Bertz CT molecular complexity index is 1020. The molecule has 1 aliphatic heterocycles. The van der Waals surface area contributed by atoms with Crippen LogP contribution in [-0.4, -0.2) is 55.3 Å². The third-order valence-electron chi connectivity index (χ3n) is 4.93. The molecule has 9 heteroatoms. The standard InChI is InChI=1S/C24H25N3O5.CH5N/c1-2-31-24(30)21-4-3-15-27(21)22(28)14-7-17-5-8-18(9-6-17)23(29)32-20-12-10-19(11-13-20)26-16-25;1-2/h5-14,16,21H,2-4,15H2,1H3,(H2,25,26);2H2,1H3/b14-7+;. The highest BCUT2D eigenvalue weighted by molar-refractivity contribution is 5.95. The Kier molecular flexibility index (Phi) is 10.5. The maximum absolute atomic E-state index is 12.5. The molecular formula is C25H30N4O5. The Morgan fingerprint density at radius 1 is 1.09 bits per heavy atom. The van der Waals surface area contributed by atoms with Crippen LogP contribution in [0.1, 0.15) is 35.7 Å². The number of aliphatic imine (C=N–C) groups is 1. The molecule has 0 radical (unpaired) electrons. The van der Waals surface area contributed by atoms with Gasteiger partial charge in [-0.25, -0.2) is 14.6 Å². The molecular weight excluding hydrogens is 436 g/mol. The van der Waals surface area contributed by atoms with Crippen molar-refractivity contribution in [1.82, 2.24) is 4.90 Å². The van der Waals surface area contributed by atoms with E-state index in [1.54, 1.807) is 61.5 Å². The van der Waals surface area contributed by atoms with Gasteiger partial charge < -0.3 is 25.8 Å². The summed E-state index contributed by atoms with van der Waals surface area (Å²) in [6, 6.07) is 12.8. The molecule has 0 aromatic heterocycles. The van der Waals surface area contributed by atoms with Crippen molar-refractivity contribution in [2.75, 3.05) is 20.2 Å². The SMILES string of the molecule is CCOC(=O)C1CCCN1C(=O)/C=C/c1ccc(C(=O)Oc2ccc(N=CN)cc2)cc1.CN. The zero-order valence-electron chi connectivity index (χ0n) is 19.3. The number of esters is 2. The van der Waals surface area contributed by atoms with Crippen molar-refractivity contribution in [2.24, 2.45) is 16.5 Å². The summed E-state index contributed by atoms with van der Waals surface area (Å²) in [6.45, 7) is 2.56. The lowest BCUT2D eigenvalue weighted by molar-refractivity contribution is -0.151. The van der Waals surface area contributed by atoms with Gasteiger partial charge in [-0.3, -0.25) is 4.79 Å². The first kappa shape index (κ1) is 26.3. The molecule has 0 aliphatic carbocycles. The Hall–Kier alpha value is -3.98. The largest absolute Gasteiger partial charge is 0.464 e. The van der Waals surface area contributed by atoms with E-state index in [-0.39, 0.29) is 18.5 Å². The Morgan fingerprint density at radius 3 is 2.38 bits per heavy atom. The van der Waals surface area contributed by atoms with Crippen molar-refractivity contribution < 1.29 is 23.9 Å². The third-order valence-corrected chi connectivity index (χ3v) is 4.93.